The van der Waals surface area contributed by atoms with Crippen molar-refractivity contribution in [2.75, 3.05) is 5.32 Å². The van der Waals surface area contributed by atoms with Crippen LogP contribution in [0.3, 0.4) is 0 Å². The average Bonchev–Trinajstić information content (AvgIpc) is 2.68. The highest BCUT2D eigenvalue weighted by atomic mass is 35.5. The molecule has 1 aromatic heterocycles. The fourth-order valence-electron chi connectivity index (χ4n) is 2.94. The van der Waals surface area contributed by atoms with E-state index in [9.17, 15) is 14.7 Å². The summed E-state index contributed by atoms with van der Waals surface area (Å²) >= 11 is 6.24. The zero-order valence-corrected chi connectivity index (χ0v) is 15.2. The second-order valence-electron chi connectivity index (χ2n) is 6.24. The number of carboxylic acids is 1. The summed E-state index contributed by atoms with van der Waals surface area (Å²) in [6.07, 6.45) is 6.08. The van der Waals surface area contributed by atoms with Gasteiger partial charge in [-0.1, -0.05) is 29.8 Å². The Morgan fingerprint density at radius 2 is 1.96 bits per heavy atom. The summed E-state index contributed by atoms with van der Waals surface area (Å²) in [5.74, 6) is -2.14. The minimum Gasteiger partial charge on any atom is -0.486 e. The molecule has 6 nitrogen and oxygen atoms in total. The molecule has 27 heavy (non-hydrogen) atoms. The van der Waals surface area contributed by atoms with Gasteiger partial charge in [-0.05, 0) is 43.2 Å². The number of rotatable bonds is 6. The average molecular weight is 387 g/mol. The molecule has 0 saturated heterocycles. The fraction of sp³-hybridized carbons (Fsp3) is 0.250. The van der Waals surface area contributed by atoms with Crippen LogP contribution in [-0.2, 0) is 16.2 Å². The number of nitrogens with zero attached hydrogens (tertiary/aromatic N) is 1. The number of carbonyl (C=O) groups is 2. The van der Waals surface area contributed by atoms with Crippen molar-refractivity contribution in [3.05, 3.63) is 65.5 Å². The van der Waals surface area contributed by atoms with Gasteiger partial charge in [0.1, 0.15) is 12.4 Å². The first kappa shape index (κ1) is 18.9. The van der Waals surface area contributed by atoms with Gasteiger partial charge in [-0.15, -0.1) is 0 Å². The second-order valence-corrected chi connectivity index (χ2v) is 6.65. The van der Waals surface area contributed by atoms with E-state index in [1.165, 1.54) is 0 Å². The molecule has 1 aromatic carbocycles. The van der Waals surface area contributed by atoms with Crippen LogP contribution in [0.25, 0.3) is 0 Å². The molecule has 2 N–H and O–H groups in total. The normalized spacial score (nSPS) is 18.7. The predicted octanol–water partition coefficient (Wildman–Crippen LogP) is 3.92. The smallest absolute Gasteiger partial charge is 0.307 e. The molecule has 0 aliphatic heterocycles. The summed E-state index contributed by atoms with van der Waals surface area (Å²) in [4.78, 5) is 28.0. The zero-order chi connectivity index (χ0) is 19.2. The van der Waals surface area contributed by atoms with Crippen LogP contribution < -0.4 is 10.1 Å². The van der Waals surface area contributed by atoms with Crippen molar-refractivity contribution in [1.82, 2.24) is 4.98 Å². The predicted molar refractivity (Wildman–Crippen MR) is 102 cm³/mol. The molecule has 1 aliphatic rings. The van der Waals surface area contributed by atoms with E-state index in [1.807, 2.05) is 24.3 Å². The molecule has 0 spiro atoms. The minimum atomic E-state index is -0.962. The van der Waals surface area contributed by atoms with Crippen molar-refractivity contribution >= 4 is 29.2 Å². The van der Waals surface area contributed by atoms with Gasteiger partial charge < -0.3 is 15.2 Å². The lowest BCUT2D eigenvalue weighted by molar-refractivity contribution is -0.146. The number of amides is 1. The quantitative estimate of drug-likeness (QED) is 0.734. The van der Waals surface area contributed by atoms with Crippen molar-refractivity contribution in [3.8, 4) is 5.75 Å². The molecular weight excluding hydrogens is 368 g/mol. The molecular formula is C20H19ClN2O4. The van der Waals surface area contributed by atoms with Gasteiger partial charge in [0.05, 0.1) is 22.6 Å². The number of nitrogens with one attached hydrogen (secondary N) is 1. The van der Waals surface area contributed by atoms with E-state index >= 15 is 0 Å². The molecule has 0 bridgehead atoms. The molecule has 1 heterocycles. The number of allylic oxidation sites excluding steroid dienone is 2. The standard InChI is InChI=1S/C20H19ClN2O4/c21-17-11-13(8-9-18(17)27-12-14-5-3-4-10-22-14)23-19(24)15-6-1-2-7-16(15)20(25)26/h1-5,8-11,15-16H,6-7,12H2,(H,23,24)(H,25,26)/t15-,16-/m1/s1. The first-order chi connectivity index (χ1) is 13.0. The van der Waals surface area contributed by atoms with E-state index < -0.39 is 17.8 Å². The van der Waals surface area contributed by atoms with Gasteiger partial charge in [0, 0.05) is 11.9 Å². The topological polar surface area (TPSA) is 88.5 Å². The number of aromatic nitrogens is 1. The Balaban J connectivity index is 1.64. The summed E-state index contributed by atoms with van der Waals surface area (Å²) < 4.78 is 5.65. The van der Waals surface area contributed by atoms with E-state index in [4.69, 9.17) is 16.3 Å². The van der Waals surface area contributed by atoms with E-state index in [1.54, 1.807) is 30.5 Å². The number of pyridine rings is 1. The Kier molecular flexibility index (Phi) is 6.08. The molecule has 2 atom stereocenters. The van der Waals surface area contributed by atoms with Crippen LogP contribution in [0.1, 0.15) is 18.5 Å². The zero-order valence-electron chi connectivity index (χ0n) is 14.5. The number of hydrogen-bond donors (Lipinski definition) is 2. The van der Waals surface area contributed by atoms with Crippen LogP contribution in [-0.4, -0.2) is 22.0 Å². The van der Waals surface area contributed by atoms with E-state index in [0.29, 0.717) is 29.3 Å². The van der Waals surface area contributed by atoms with Gasteiger partial charge in [0.25, 0.3) is 0 Å². The monoisotopic (exact) mass is 386 g/mol. The Hall–Kier alpha value is -2.86. The molecule has 2 aromatic rings. The second kappa shape index (κ2) is 8.68. The first-order valence-corrected chi connectivity index (χ1v) is 8.93. The molecule has 0 saturated carbocycles. The molecule has 3 rings (SSSR count). The number of carboxylic acid groups (broad SMARTS) is 1. The molecule has 0 radical (unpaired) electrons. The van der Waals surface area contributed by atoms with Gasteiger partial charge in [-0.25, -0.2) is 0 Å². The maximum atomic E-state index is 12.5. The van der Waals surface area contributed by atoms with Crippen LogP contribution >= 0.6 is 11.6 Å². The van der Waals surface area contributed by atoms with Gasteiger partial charge in [0.2, 0.25) is 5.91 Å². The molecule has 0 fully saturated rings. The maximum absolute atomic E-state index is 12.5. The molecule has 1 amide bonds. The lowest BCUT2D eigenvalue weighted by atomic mass is 9.82. The van der Waals surface area contributed by atoms with Crippen LogP contribution in [0.4, 0.5) is 5.69 Å². The minimum absolute atomic E-state index is 0.279. The number of hydrogen-bond acceptors (Lipinski definition) is 4. The van der Waals surface area contributed by atoms with Crippen LogP contribution in [0.15, 0.2) is 54.7 Å². The van der Waals surface area contributed by atoms with E-state index in [-0.39, 0.29) is 12.5 Å². The Morgan fingerprint density at radius 1 is 1.19 bits per heavy atom. The Morgan fingerprint density at radius 3 is 2.63 bits per heavy atom. The van der Waals surface area contributed by atoms with Gasteiger partial charge in [-0.3, -0.25) is 14.6 Å². The highest BCUT2D eigenvalue weighted by molar-refractivity contribution is 6.32. The number of benzene rings is 1. The summed E-state index contributed by atoms with van der Waals surface area (Å²) in [5, 5.41) is 12.4. The lowest BCUT2D eigenvalue weighted by Gasteiger charge is -2.24. The van der Waals surface area contributed by atoms with Crippen LogP contribution in [0.5, 0.6) is 5.75 Å². The number of halogens is 1. The summed E-state index contributed by atoms with van der Waals surface area (Å²) in [6, 6.07) is 10.5. The molecule has 1 aliphatic carbocycles. The maximum Gasteiger partial charge on any atom is 0.307 e. The Bertz CT molecular complexity index is 854. The van der Waals surface area contributed by atoms with E-state index in [2.05, 4.69) is 10.3 Å². The SMILES string of the molecule is O=C(O)[C@@H]1CC=CC[C@H]1C(=O)Nc1ccc(OCc2ccccn2)c(Cl)c1. The van der Waals surface area contributed by atoms with Crippen molar-refractivity contribution in [1.29, 1.82) is 0 Å². The van der Waals surface area contributed by atoms with Crippen LogP contribution in [0, 0.1) is 11.8 Å². The number of carbonyl (C=O) groups excluding carboxylic acids is 1. The van der Waals surface area contributed by atoms with Crippen molar-refractivity contribution in [2.24, 2.45) is 11.8 Å². The molecule has 140 valence electrons. The lowest BCUT2D eigenvalue weighted by Crippen LogP contribution is -2.34. The fourth-order valence-corrected chi connectivity index (χ4v) is 3.18. The Labute approximate surface area is 161 Å². The highest BCUT2D eigenvalue weighted by Crippen LogP contribution is 2.30. The third-order valence-electron chi connectivity index (χ3n) is 4.39. The first-order valence-electron chi connectivity index (χ1n) is 8.55. The van der Waals surface area contributed by atoms with Crippen LogP contribution in [0.2, 0.25) is 5.02 Å². The van der Waals surface area contributed by atoms with Crippen molar-refractivity contribution < 1.29 is 19.4 Å². The van der Waals surface area contributed by atoms with Gasteiger partial charge >= 0.3 is 5.97 Å². The number of aliphatic carboxylic acids is 1. The van der Waals surface area contributed by atoms with Crippen molar-refractivity contribution in [3.63, 3.8) is 0 Å². The largest absolute Gasteiger partial charge is 0.486 e. The molecule has 7 heteroatoms. The van der Waals surface area contributed by atoms with Gasteiger partial charge in [0.15, 0.2) is 0 Å². The van der Waals surface area contributed by atoms with Gasteiger partial charge in [-0.2, -0.15) is 0 Å². The summed E-state index contributed by atoms with van der Waals surface area (Å²) in [7, 11) is 0. The van der Waals surface area contributed by atoms with E-state index in [0.717, 1.165) is 5.69 Å². The third-order valence-corrected chi connectivity index (χ3v) is 4.68. The third kappa shape index (κ3) is 4.86. The number of ether oxygens (including phenoxy) is 1. The highest BCUT2D eigenvalue weighted by Gasteiger charge is 2.33. The number of anilines is 1. The summed E-state index contributed by atoms with van der Waals surface area (Å²) in [6.45, 7) is 0.279. The molecule has 0 unspecified atom stereocenters. The van der Waals surface area contributed by atoms with Crippen molar-refractivity contribution in [2.45, 2.75) is 19.4 Å². The summed E-state index contributed by atoms with van der Waals surface area (Å²) in [5.41, 5.74) is 1.27.